The Morgan fingerprint density at radius 3 is 2.67 bits per heavy atom. The third-order valence-corrected chi connectivity index (χ3v) is 8.60. The molecule has 4 nitrogen and oxygen atoms in total. The van der Waals surface area contributed by atoms with Crippen LogP contribution in [0.5, 0.6) is 0 Å². The van der Waals surface area contributed by atoms with Crippen LogP contribution in [0.2, 0.25) is 10.0 Å². The molecule has 2 aromatic rings. The second kappa shape index (κ2) is 10.7. The van der Waals surface area contributed by atoms with Gasteiger partial charge in [0.05, 0.1) is 10.0 Å². The lowest BCUT2D eigenvalue weighted by atomic mass is 10.0. The van der Waals surface area contributed by atoms with E-state index in [-0.39, 0.29) is 23.7 Å². The van der Waals surface area contributed by atoms with Gasteiger partial charge in [-0.25, -0.2) is 0 Å². The summed E-state index contributed by atoms with van der Waals surface area (Å²) in [6.07, 6.45) is 3.17. The minimum Gasteiger partial charge on any atom is -0.356 e. The number of nitrogens with zero attached hydrogens (tertiary/aromatic N) is 1. The molecule has 2 atom stereocenters. The molecule has 0 aromatic heterocycles. The Morgan fingerprint density at radius 2 is 1.94 bits per heavy atom. The molecule has 1 N–H and O–H groups in total. The van der Waals surface area contributed by atoms with Gasteiger partial charge in [0, 0.05) is 41.8 Å². The van der Waals surface area contributed by atoms with Crippen LogP contribution in [0.4, 0.5) is 0 Å². The maximum atomic E-state index is 12.6. The molecular formula is C26H30Cl2N2O2S. The standard InChI is InChI=1S/C26H30Cl2N2O2S/c1-16(2)17-7-3-4-8-21(17)33-22-11-10-18(24(27)25(22)28)19-15-20(19)26(32)29-12-6-14-30-13-5-9-23(30)31/h3-4,7-8,10-11,16,19-20H,5-6,9,12-15H2,1-2H3,(H,29,32)/t19-,20+/m0/s1. The van der Waals surface area contributed by atoms with Crippen LogP contribution < -0.4 is 5.32 Å². The second-order valence-corrected chi connectivity index (χ2v) is 11.0. The van der Waals surface area contributed by atoms with E-state index in [9.17, 15) is 9.59 Å². The zero-order valence-electron chi connectivity index (χ0n) is 19.1. The maximum absolute atomic E-state index is 12.6. The lowest BCUT2D eigenvalue weighted by molar-refractivity contribution is -0.127. The molecule has 1 saturated carbocycles. The number of carbonyl (C=O) groups is 2. The van der Waals surface area contributed by atoms with Gasteiger partial charge in [0.1, 0.15) is 0 Å². The molecule has 1 aliphatic heterocycles. The smallest absolute Gasteiger partial charge is 0.223 e. The predicted octanol–water partition coefficient (Wildman–Crippen LogP) is 6.50. The summed E-state index contributed by atoms with van der Waals surface area (Å²) in [5.41, 5.74) is 2.23. The number of benzene rings is 2. The van der Waals surface area contributed by atoms with Crippen LogP contribution >= 0.6 is 35.0 Å². The van der Waals surface area contributed by atoms with Crippen molar-refractivity contribution < 1.29 is 9.59 Å². The van der Waals surface area contributed by atoms with Gasteiger partial charge in [0.2, 0.25) is 11.8 Å². The fourth-order valence-corrected chi connectivity index (χ4v) is 6.24. The quantitative estimate of drug-likeness (QED) is 0.396. The Hall–Kier alpha value is -1.69. The molecule has 2 amide bonds. The highest BCUT2D eigenvalue weighted by molar-refractivity contribution is 7.99. The Morgan fingerprint density at radius 1 is 1.15 bits per heavy atom. The zero-order valence-corrected chi connectivity index (χ0v) is 21.4. The van der Waals surface area contributed by atoms with E-state index in [1.807, 2.05) is 23.1 Å². The predicted molar refractivity (Wildman–Crippen MR) is 135 cm³/mol. The summed E-state index contributed by atoms with van der Waals surface area (Å²) in [6.45, 7) is 6.51. The zero-order chi connectivity index (χ0) is 23.5. The molecular weight excluding hydrogens is 475 g/mol. The number of likely N-dealkylation sites (tertiary alicyclic amines) is 1. The van der Waals surface area contributed by atoms with E-state index in [4.69, 9.17) is 23.2 Å². The number of carbonyl (C=O) groups excluding carboxylic acids is 2. The van der Waals surface area contributed by atoms with Crippen molar-refractivity contribution in [2.75, 3.05) is 19.6 Å². The van der Waals surface area contributed by atoms with Crippen molar-refractivity contribution in [3.05, 3.63) is 57.6 Å². The Bertz CT molecular complexity index is 1040. The van der Waals surface area contributed by atoms with Crippen LogP contribution in [0.3, 0.4) is 0 Å². The molecule has 0 radical (unpaired) electrons. The van der Waals surface area contributed by atoms with Crippen LogP contribution in [0.1, 0.15) is 62.5 Å². The van der Waals surface area contributed by atoms with E-state index in [0.717, 1.165) is 36.3 Å². The number of hydrogen-bond acceptors (Lipinski definition) is 3. The molecule has 2 fully saturated rings. The first-order valence-electron chi connectivity index (χ1n) is 11.7. The summed E-state index contributed by atoms with van der Waals surface area (Å²) in [5, 5.41) is 4.13. The highest BCUT2D eigenvalue weighted by atomic mass is 35.5. The number of nitrogens with one attached hydrogen (secondary N) is 1. The molecule has 0 bridgehead atoms. The van der Waals surface area contributed by atoms with Crippen molar-refractivity contribution in [1.82, 2.24) is 10.2 Å². The first-order chi connectivity index (χ1) is 15.9. The van der Waals surface area contributed by atoms with Crippen LogP contribution in [-0.4, -0.2) is 36.3 Å². The van der Waals surface area contributed by atoms with E-state index in [1.165, 1.54) is 10.5 Å². The van der Waals surface area contributed by atoms with Gasteiger partial charge in [-0.3, -0.25) is 9.59 Å². The summed E-state index contributed by atoms with van der Waals surface area (Å²) in [7, 11) is 0. The van der Waals surface area contributed by atoms with E-state index in [1.54, 1.807) is 11.8 Å². The molecule has 7 heteroatoms. The molecule has 2 aromatic carbocycles. The van der Waals surface area contributed by atoms with Crippen molar-refractivity contribution in [3.8, 4) is 0 Å². The lowest BCUT2D eigenvalue weighted by Crippen LogP contribution is -2.31. The van der Waals surface area contributed by atoms with Gasteiger partial charge in [-0.05, 0) is 54.4 Å². The van der Waals surface area contributed by atoms with Crippen LogP contribution in [0.15, 0.2) is 46.2 Å². The fourth-order valence-electron chi connectivity index (χ4n) is 4.46. The Kier molecular flexibility index (Phi) is 7.93. The Balaban J connectivity index is 1.33. The van der Waals surface area contributed by atoms with Crippen molar-refractivity contribution in [2.24, 2.45) is 5.92 Å². The maximum Gasteiger partial charge on any atom is 0.223 e. The van der Waals surface area contributed by atoms with Crippen molar-refractivity contribution in [2.45, 2.75) is 61.2 Å². The van der Waals surface area contributed by atoms with Gasteiger partial charge in [-0.1, -0.05) is 73.1 Å². The average molecular weight is 506 g/mol. The molecule has 1 saturated heterocycles. The summed E-state index contributed by atoms with van der Waals surface area (Å²) in [5.74, 6) is 0.752. The number of halogens is 2. The van der Waals surface area contributed by atoms with Crippen molar-refractivity contribution in [3.63, 3.8) is 0 Å². The third-order valence-electron chi connectivity index (χ3n) is 6.44. The van der Waals surface area contributed by atoms with E-state index in [2.05, 4.69) is 37.4 Å². The monoisotopic (exact) mass is 504 g/mol. The molecule has 1 aliphatic carbocycles. The van der Waals surface area contributed by atoms with Crippen LogP contribution in [0, 0.1) is 5.92 Å². The number of rotatable bonds is 9. The third kappa shape index (κ3) is 5.70. The minimum atomic E-state index is -0.0628. The minimum absolute atomic E-state index is 0.0595. The molecule has 2 aliphatic rings. The van der Waals surface area contributed by atoms with E-state index >= 15 is 0 Å². The van der Waals surface area contributed by atoms with Crippen LogP contribution in [-0.2, 0) is 9.59 Å². The second-order valence-electron chi connectivity index (χ2n) is 9.15. The van der Waals surface area contributed by atoms with Gasteiger partial charge < -0.3 is 10.2 Å². The van der Waals surface area contributed by atoms with Gasteiger partial charge in [0.15, 0.2) is 0 Å². The van der Waals surface area contributed by atoms with Gasteiger partial charge in [-0.15, -0.1) is 0 Å². The topological polar surface area (TPSA) is 49.4 Å². The molecule has 176 valence electrons. The largest absolute Gasteiger partial charge is 0.356 e. The van der Waals surface area contributed by atoms with Gasteiger partial charge in [0.25, 0.3) is 0 Å². The van der Waals surface area contributed by atoms with E-state index < -0.39 is 0 Å². The molecule has 4 rings (SSSR count). The summed E-state index contributed by atoms with van der Waals surface area (Å²) >= 11 is 15.0. The first kappa shape index (κ1) is 24.4. The number of hydrogen-bond donors (Lipinski definition) is 1. The van der Waals surface area contributed by atoms with E-state index in [0.29, 0.717) is 35.5 Å². The average Bonchev–Trinajstić information content (AvgIpc) is 3.49. The molecule has 0 unspecified atom stereocenters. The SMILES string of the molecule is CC(C)c1ccccc1Sc1ccc([C@@H]2C[C@H]2C(=O)NCCCN2CCCC2=O)c(Cl)c1Cl. The normalized spacial score (nSPS) is 19.9. The summed E-state index contributed by atoms with van der Waals surface area (Å²) in [4.78, 5) is 28.2. The van der Waals surface area contributed by atoms with Crippen molar-refractivity contribution in [1.29, 1.82) is 0 Å². The van der Waals surface area contributed by atoms with Crippen LogP contribution in [0.25, 0.3) is 0 Å². The Labute approximate surface area is 210 Å². The highest BCUT2D eigenvalue weighted by Gasteiger charge is 2.45. The first-order valence-corrected chi connectivity index (χ1v) is 13.2. The number of amides is 2. The molecule has 33 heavy (non-hydrogen) atoms. The summed E-state index contributed by atoms with van der Waals surface area (Å²) < 4.78 is 0. The van der Waals surface area contributed by atoms with Gasteiger partial charge >= 0.3 is 0 Å². The lowest BCUT2D eigenvalue weighted by Gasteiger charge is -2.15. The highest BCUT2D eigenvalue weighted by Crippen LogP contribution is 2.52. The fraction of sp³-hybridized carbons (Fsp3) is 0.462. The molecule has 1 heterocycles. The van der Waals surface area contributed by atoms with Gasteiger partial charge in [-0.2, -0.15) is 0 Å². The van der Waals surface area contributed by atoms with Crippen molar-refractivity contribution >= 4 is 46.8 Å². The summed E-state index contributed by atoms with van der Waals surface area (Å²) in [6, 6.07) is 12.4. The molecule has 0 spiro atoms.